The van der Waals surface area contributed by atoms with Crippen LogP contribution in [-0.2, 0) is 19.1 Å². The van der Waals surface area contributed by atoms with E-state index in [0.717, 1.165) is 11.3 Å². The molecule has 0 saturated carbocycles. The summed E-state index contributed by atoms with van der Waals surface area (Å²) in [5.74, 6) is -0.456. The summed E-state index contributed by atoms with van der Waals surface area (Å²) in [6, 6.07) is 9.44. The molecule has 2 aromatic carbocycles. The average Bonchev–Trinajstić information content (AvgIpc) is 3.21. The molecule has 0 aliphatic carbocycles. The fourth-order valence-corrected chi connectivity index (χ4v) is 6.07. The Labute approximate surface area is 256 Å². The van der Waals surface area contributed by atoms with Crippen LogP contribution >= 0.6 is 34.5 Å². The smallest absolute Gasteiger partial charge is 0.344 e. The lowest BCUT2D eigenvalue weighted by atomic mass is 9.95. The van der Waals surface area contributed by atoms with Crippen LogP contribution in [0.1, 0.15) is 51.8 Å². The zero-order chi connectivity index (χ0) is 30.6. The maximum Gasteiger partial charge on any atom is 0.344 e. The number of benzene rings is 2. The van der Waals surface area contributed by atoms with E-state index < -0.39 is 23.5 Å². The second-order valence-electron chi connectivity index (χ2n) is 9.41. The summed E-state index contributed by atoms with van der Waals surface area (Å²) < 4.78 is 23.8. The number of carbonyl (C=O) groups excluding carboxylic acids is 2. The van der Waals surface area contributed by atoms with Gasteiger partial charge in [0, 0.05) is 16.1 Å². The predicted octanol–water partition coefficient (Wildman–Crippen LogP) is 4.83. The number of carbonyl (C=O) groups is 2. The first kappa shape index (κ1) is 31.3. The van der Waals surface area contributed by atoms with E-state index in [4.69, 9.17) is 42.1 Å². The van der Waals surface area contributed by atoms with E-state index in [2.05, 4.69) is 4.99 Å². The van der Waals surface area contributed by atoms with Crippen LogP contribution in [0.2, 0.25) is 10.0 Å². The molecule has 1 atom stereocenters. The van der Waals surface area contributed by atoms with Gasteiger partial charge in [-0.05, 0) is 58.9 Å². The van der Waals surface area contributed by atoms with Crippen molar-refractivity contribution in [3.63, 3.8) is 0 Å². The minimum absolute atomic E-state index is 0.154. The summed E-state index contributed by atoms with van der Waals surface area (Å²) in [6.45, 7) is 8.87. The van der Waals surface area contributed by atoms with Crippen molar-refractivity contribution in [2.45, 2.75) is 46.8 Å². The summed E-state index contributed by atoms with van der Waals surface area (Å²) in [4.78, 5) is 44.3. The van der Waals surface area contributed by atoms with E-state index in [-0.39, 0.29) is 46.8 Å². The van der Waals surface area contributed by atoms with Crippen LogP contribution < -0.4 is 24.4 Å². The van der Waals surface area contributed by atoms with Gasteiger partial charge in [-0.3, -0.25) is 9.36 Å². The van der Waals surface area contributed by atoms with E-state index in [9.17, 15) is 14.4 Å². The van der Waals surface area contributed by atoms with Gasteiger partial charge in [0.05, 0.1) is 40.1 Å². The van der Waals surface area contributed by atoms with Crippen molar-refractivity contribution in [2.75, 3.05) is 19.8 Å². The van der Waals surface area contributed by atoms with Crippen LogP contribution in [0.3, 0.4) is 0 Å². The summed E-state index contributed by atoms with van der Waals surface area (Å²) in [5, 5.41) is 0.462. The van der Waals surface area contributed by atoms with Gasteiger partial charge in [0.15, 0.2) is 11.4 Å². The molecule has 222 valence electrons. The number of rotatable bonds is 10. The van der Waals surface area contributed by atoms with Crippen LogP contribution in [0.25, 0.3) is 6.08 Å². The number of hydrogen-bond donors (Lipinski definition) is 0. The largest absolute Gasteiger partial charge is 0.491 e. The lowest BCUT2D eigenvalue weighted by molar-refractivity contribution is -0.145. The third kappa shape index (κ3) is 6.72. The molecule has 0 fully saturated rings. The second-order valence-corrected chi connectivity index (χ2v) is 11.3. The molecule has 42 heavy (non-hydrogen) atoms. The number of nitrogens with zero attached hydrogens (tertiary/aromatic N) is 2. The highest BCUT2D eigenvalue weighted by Crippen LogP contribution is 2.36. The zero-order valence-corrected chi connectivity index (χ0v) is 26.1. The molecule has 1 aliphatic heterocycles. The minimum atomic E-state index is -0.861. The first-order valence-electron chi connectivity index (χ1n) is 13.3. The van der Waals surface area contributed by atoms with Crippen LogP contribution in [0.5, 0.6) is 11.5 Å². The summed E-state index contributed by atoms with van der Waals surface area (Å²) in [7, 11) is 0. The fraction of sp³-hybridized carbons (Fsp3) is 0.333. The average molecular weight is 634 g/mol. The summed E-state index contributed by atoms with van der Waals surface area (Å²) in [5.41, 5.74) is 1.24. The molecule has 0 spiro atoms. The number of aromatic nitrogens is 1. The number of para-hydroxylation sites is 1. The lowest BCUT2D eigenvalue weighted by Gasteiger charge is -2.26. The Bertz CT molecular complexity index is 1730. The quantitative estimate of drug-likeness (QED) is 0.295. The minimum Gasteiger partial charge on any atom is -0.491 e. The van der Waals surface area contributed by atoms with E-state index in [1.807, 2.05) is 32.0 Å². The van der Waals surface area contributed by atoms with Crippen LogP contribution in [0.4, 0.5) is 0 Å². The molecular weight excluding hydrogens is 603 g/mol. The van der Waals surface area contributed by atoms with E-state index in [1.165, 1.54) is 10.6 Å². The standard InChI is InChI=1S/C30H30Cl2N2O7S/c1-6-38-24(35)15-40-27-18(12-19(31)14-21(27)32)13-23-28(36)34-26(20-10-8-9-11-22(20)41-16(3)4)25(29(37)39-7-2)17(5)33-30(34)42-23/h8-14,16,26H,6-7,15H2,1-5H3/b23-13-/t26-/m0/s1. The van der Waals surface area contributed by atoms with Gasteiger partial charge in [0.1, 0.15) is 17.5 Å². The summed E-state index contributed by atoms with van der Waals surface area (Å²) >= 11 is 13.8. The third-order valence-corrected chi connectivity index (χ3v) is 7.54. The van der Waals surface area contributed by atoms with Gasteiger partial charge in [0.2, 0.25) is 0 Å². The van der Waals surface area contributed by atoms with Gasteiger partial charge < -0.3 is 18.9 Å². The molecule has 4 rings (SSSR count). The number of hydrogen-bond acceptors (Lipinski definition) is 9. The van der Waals surface area contributed by atoms with Crippen molar-refractivity contribution in [1.29, 1.82) is 0 Å². The van der Waals surface area contributed by atoms with E-state index in [1.54, 1.807) is 39.0 Å². The van der Waals surface area contributed by atoms with E-state index in [0.29, 0.717) is 32.4 Å². The molecule has 0 radical (unpaired) electrons. The molecule has 0 saturated heterocycles. The highest BCUT2D eigenvalue weighted by Gasteiger charge is 2.35. The normalized spacial score (nSPS) is 14.9. The maximum atomic E-state index is 14.1. The van der Waals surface area contributed by atoms with Crippen LogP contribution in [0.15, 0.2) is 57.5 Å². The number of halogens is 2. The highest BCUT2D eigenvalue weighted by molar-refractivity contribution is 7.07. The predicted molar refractivity (Wildman–Crippen MR) is 161 cm³/mol. The highest BCUT2D eigenvalue weighted by atomic mass is 35.5. The maximum absolute atomic E-state index is 14.1. The van der Waals surface area contributed by atoms with Crippen LogP contribution in [-0.4, -0.2) is 42.4 Å². The fourth-order valence-electron chi connectivity index (χ4n) is 4.47. The first-order valence-corrected chi connectivity index (χ1v) is 14.9. The molecule has 0 bridgehead atoms. The van der Waals surface area contributed by atoms with Crippen molar-refractivity contribution in [1.82, 2.24) is 4.57 Å². The Morgan fingerprint density at radius 1 is 1.12 bits per heavy atom. The molecular formula is C30H30Cl2N2O7S. The SMILES string of the molecule is CCOC(=O)COc1c(Cl)cc(Cl)cc1/C=c1\sc2n(c1=O)[C@@H](c1ccccc1OC(C)C)C(C(=O)OCC)=C(C)N=2. The molecule has 3 aromatic rings. The molecule has 12 heteroatoms. The summed E-state index contributed by atoms with van der Waals surface area (Å²) in [6.07, 6.45) is 1.41. The molecule has 0 N–H and O–H groups in total. The molecule has 0 amide bonds. The zero-order valence-electron chi connectivity index (χ0n) is 23.7. The van der Waals surface area contributed by atoms with Crippen molar-refractivity contribution >= 4 is 52.6 Å². The van der Waals surface area contributed by atoms with E-state index >= 15 is 0 Å². The number of thiazole rings is 1. The number of fused-ring (bicyclic) bond motifs is 1. The Morgan fingerprint density at radius 3 is 2.52 bits per heavy atom. The molecule has 1 aliphatic rings. The van der Waals surface area contributed by atoms with Crippen molar-refractivity contribution in [2.24, 2.45) is 4.99 Å². The van der Waals surface area contributed by atoms with Crippen LogP contribution in [0, 0.1) is 0 Å². The van der Waals surface area contributed by atoms with Gasteiger partial charge in [-0.25, -0.2) is 14.6 Å². The van der Waals surface area contributed by atoms with Gasteiger partial charge >= 0.3 is 11.9 Å². The second kappa shape index (κ2) is 13.6. The van der Waals surface area contributed by atoms with Crippen molar-refractivity contribution < 1.29 is 28.5 Å². The topological polar surface area (TPSA) is 105 Å². The number of allylic oxidation sites excluding steroid dienone is 1. The number of esters is 2. The third-order valence-electron chi connectivity index (χ3n) is 6.06. The first-order chi connectivity index (χ1) is 20.0. The Hall–Kier alpha value is -3.60. The monoisotopic (exact) mass is 632 g/mol. The van der Waals surface area contributed by atoms with Crippen molar-refractivity contribution in [3.8, 4) is 11.5 Å². The van der Waals surface area contributed by atoms with Gasteiger partial charge in [0.25, 0.3) is 5.56 Å². The molecule has 9 nitrogen and oxygen atoms in total. The lowest BCUT2D eigenvalue weighted by Crippen LogP contribution is -2.40. The van der Waals surface area contributed by atoms with Gasteiger partial charge in [-0.1, -0.05) is 52.7 Å². The Balaban J connectivity index is 1.93. The molecule has 1 aromatic heterocycles. The van der Waals surface area contributed by atoms with Gasteiger partial charge in [-0.2, -0.15) is 0 Å². The Kier molecular flexibility index (Phi) is 10.1. The molecule has 2 heterocycles. The van der Waals surface area contributed by atoms with Gasteiger partial charge in [-0.15, -0.1) is 0 Å². The molecule has 0 unspecified atom stereocenters. The number of ether oxygens (including phenoxy) is 4. The Morgan fingerprint density at radius 2 is 1.83 bits per heavy atom. The van der Waals surface area contributed by atoms with Crippen molar-refractivity contribution in [3.05, 3.63) is 88.5 Å².